The van der Waals surface area contributed by atoms with E-state index in [0.717, 1.165) is 24.2 Å². The van der Waals surface area contributed by atoms with Gasteiger partial charge in [0, 0.05) is 13.1 Å². The fourth-order valence-electron chi connectivity index (χ4n) is 3.43. The van der Waals surface area contributed by atoms with E-state index in [-0.39, 0.29) is 10.9 Å². The third-order valence-electron chi connectivity index (χ3n) is 4.90. The molecule has 2 aromatic rings. The number of nitrogens with one attached hydrogen (secondary N) is 1. The average Bonchev–Trinajstić information content (AvgIpc) is 2.70. The number of hydrogen-bond donors (Lipinski definition) is 1. The van der Waals surface area contributed by atoms with Gasteiger partial charge in [0.15, 0.2) is 0 Å². The summed E-state index contributed by atoms with van der Waals surface area (Å²) >= 11 is 0. The zero-order valence-electron chi connectivity index (χ0n) is 16.6. The molecular formula is C21H27N3O3S. The number of rotatable bonds is 6. The number of benzene rings is 2. The normalized spacial score (nSPS) is 17.3. The van der Waals surface area contributed by atoms with Crippen molar-refractivity contribution in [3.63, 3.8) is 0 Å². The van der Waals surface area contributed by atoms with Crippen LogP contribution in [0.3, 0.4) is 0 Å². The largest absolute Gasteiger partial charge is 0.379 e. The smallest absolute Gasteiger partial charge is 0.276 e. The maximum absolute atomic E-state index is 12.8. The zero-order valence-corrected chi connectivity index (χ0v) is 17.4. The van der Waals surface area contributed by atoms with Gasteiger partial charge in [-0.05, 0) is 43.5 Å². The molecule has 6 nitrogen and oxygen atoms in total. The molecule has 0 saturated carbocycles. The molecule has 0 radical (unpaired) electrons. The van der Waals surface area contributed by atoms with Crippen LogP contribution < -0.4 is 4.83 Å². The van der Waals surface area contributed by atoms with E-state index in [4.69, 9.17) is 4.74 Å². The van der Waals surface area contributed by atoms with Gasteiger partial charge in [-0.2, -0.15) is 13.5 Å². The van der Waals surface area contributed by atoms with Crippen LogP contribution in [-0.4, -0.2) is 45.3 Å². The second kappa shape index (κ2) is 8.86. The van der Waals surface area contributed by atoms with Crippen LogP contribution in [0, 0.1) is 13.8 Å². The highest BCUT2D eigenvalue weighted by atomic mass is 32.2. The molecule has 1 saturated heterocycles. The molecule has 0 bridgehead atoms. The van der Waals surface area contributed by atoms with Crippen molar-refractivity contribution >= 4 is 15.7 Å². The van der Waals surface area contributed by atoms with Gasteiger partial charge >= 0.3 is 0 Å². The first-order valence-corrected chi connectivity index (χ1v) is 10.9. The van der Waals surface area contributed by atoms with Crippen LogP contribution in [0.4, 0.5) is 0 Å². The zero-order chi connectivity index (χ0) is 20.1. The molecule has 1 aliphatic rings. The first kappa shape index (κ1) is 20.5. The SMILES string of the molecule is C/C(=N/NS(=O)(=O)c1cc(C)ccc1C)[C@@H](c1ccccc1)N1CCOCC1. The van der Waals surface area contributed by atoms with Crippen LogP contribution in [0.15, 0.2) is 58.5 Å². The molecule has 0 spiro atoms. The van der Waals surface area contributed by atoms with Gasteiger partial charge in [-0.3, -0.25) is 4.90 Å². The van der Waals surface area contributed by atoms with Crippen molar-refractivity contribution in [3.05, 3.63) is 65.2 Å². The summed E-state index contributed by atoms with van der Waals surface area (Å²) in [6.07, 6.45) is 0. The first-order valence-electron chi connectivity index (χ1n) is 9.38. The summed E-state index contributed by atoms with van der Waals surface area (Å²) < 4.78 is 31.1. The topological polar surface area (TPSA) is 71.0 Å². The predicted molar refractivity (Wildman–Crippen MR) is 111 cm³/mol. The van der Waals surface area contributed by atoms with Crippen LogP contribution in [0.5, 0.6) is 0 Å². The number of aryl methyl sites for hydroxylation is 2. The number of ether oxygens (including phenoxy) is 1. The van der Waals surface area contributed by atoms with Crippen LogP contribution in [0.25, 0.3) is 0 Å². The molecule has 0 unspecified atom stereocenters. The van der Waals surface area contributed by atoms with Gasteiger partial charge in [-0.1, -0.05) is 42.5 Å². The lowest BCUT2D eigenvalue weighted by atomic mass is 10.0. The third-order valence-corrected chi connectivity index (χ3v) is 6.25. The fraction of sp³-hybridized carbons (Fsp3) is 0.381. The monoisotopic (exact) mass is 401 g/mol. The van der Waals surface area contributed by atoms with E-state index in [1.165, 1.54) is 0 Å². The van der Waals surface area contributed by atoms with E-state index in [2.05, 4.69) is 14.8 Å². The fourth-order valence-corrected chi connectivity index (χ4v) is 4.62. The maximum Gasteiger partial charge on any atom is 0.276 e. The maximum atomic E-state index is 12.8. The lowest BCUT2D eigenvalue weighted by Crippen LogP contribution is -2.42. The summed E-state index contributed by atoms with van der Waals surface area (Å²) in [7, 11) is -3.74. The number of hydrazone groups is 1. The predicted octanol–water partition coefficient (Wildman–Crippen LogP) is 3.03. The average molecular weight is 402 g/mol. The molecule has 2 aromatic carbocycles. The van der Waals surface area contributed by atoms with Crippen molar-refractivity contribution in [2.24, 2.45) is 5.10 Å². The Kier molecular flexibility index (Phi) is 6.49. The molecule has 3 rings (SSSR count). The quantitative estimate of drug-likeness (QED) is 0.597. The number of nitrogens with zero attached hydrogens (tertiary/aromatic N) is 2. The molecule has 0 aliphatic carbocycles. The number of sulfonamides is 1. The molecule has 150 valence electrons. The molecule has 7 heteroatoms. The molecule has 1 N–H and O–H groups in total. The van der Waals surface area contributed by atoms with Gasteiger partial charge in [0.2, 0.25) is 0 Å². The third kappa shape index (κ3) is 4.79. The Labute approximate surface area is 167 Å². The minimum atomic E-state index is -3.74. The van der Waals surface area contributed by atoms with Crippen molar-refractivity contribution in [1.82, 2.24) is 9.73 Å². The highest BCUT2D eigenvalue weighted by Crippen LogP contribution is 2.24. The summed E-state index contributed by atoms with van der Waals surface area (Å²) in [5, 5.41) is 4.29. The number of hydrogen-bond acceptors (Lipinski definition) is 5. The van der Waals surface area contributed by atoms with Crippen LogP contribution in [0.2, 0.25) is 0 Å². The highest BCUT2D eigenvalue weighted by molar-refractivity contribution is 7.89. The Morgan fingerprint density at radius 3 is 2.46 bits per heavy atom. The summed E-state index contributed by atoms with van der Waals surface area (Å²) in [4.78, 5) is 4.96. The van der Waals surface area contributed by atoms with Gasteiger partial charge in [-0.15, -0.1) is 0 Å². The van der Waals surface area contributed by atoms with E-state index >= 15 is 0 Å². The molecule has 1 aliphatic heterocycles. The highest BCUT2D eigenvalue weighted by Gasteiger charge is 2.26. The van der Waals surface area contributed by atoms with Gasteiger partial charge in [0.05, 0.1) is 29.9 Å². The van der Waals surface area contributed by atoms with Crippen LogP contribution in [-0.2, 0) is 14.8 Å². The standard InChI is InChI=1S/C21H27N3O3S/c1-16-9-10-17(2)20(15-16)28(25,26)23-22-18(3)21(19-7-5-4-6-8-19)24-11-13-27-14-12-24/h4-10,15,21,23H,11-14H2,1-3H3/b22-18-/t21-/m0/s1. The molecule has 28 heavy (non-hydrogen) atoms. The van der Waals surface area contributed by atoms with E-state index in [0.29, 0.717) is 24.5 Å². The molecule has 1 atom stereocenters. The Bertz CT molecular complexity index is 937. The number of morpholine rings is 1. The Hall–Kier alpha value is -2.22. The lowest BCUT2D eigenvalue weighted by Gasteiger charge is -2.34. The molecule has 0 aromatic heterocycles. The van der Waals surface area contributed by atoms with Crippen molar-refractivity contribution in [2.75, 3.05) is 26.3 Å². The Balaban J connectivity index is 1.88. The second-order valence-corrected chi connectivity index (χ2v) is 8.71. The van der Waals surface area contributed by atoms with Gasteiger partial charge in [-0.25, -0.2) is 4.83 Å². The summed E-state index contributed by atoms with van der Waals surface area (Å²) in [6.45, 7) is 8.38. The van der Waals surface area contributed by atoms with Crippen molar-refractivity contribution in [3.8, 4) is 0 Å². The molecule has 0 amide bonds. The van der Waals surface area contributed by atoms with E-state index < -0.39 is 10.0 Å². The van der Waals surface area contributed by atoms with Gasteiger partial charge < -0.3 is 4.74 Å². The molecule has 1 heterocycles. The van der Waals surface area contributed by atoms with Crippen LogP contribution in [0.1, 0.15) is 29.7 Å². The van der Waals surface area contributed by atoms with E-state index in [1.807, 2.05) is 50.2 Å². The Morgan fingerprint density at radius 1 is 1.11 bits per heavy atom. The summed E-state index contributed by atoms with van der Waals surface area (Å²) in [5.74, 6) is 0. The second-order valence-electron chi connectivity index (χ2n) is 7.08. The lowest BCUT2D eigenvalue weighted by molar-refractivity contribution is 0.0285. The summed E-state index contributed by atoms with van der Waals surface area (Å²) in [6, 6.07) is 15.3. The van der Waals surface area contributed by atoms with E-state index in [9.17, 15) is 8.42 Å². The van der Waals surface area contributed by atoms with Crippen molar-refractivity contribution in [1.29, 1.82) is 0 Å². The molecule has 1 fully saturated rings. The Morgan fingerprint density at radius 2 is 1.79 bits per heavy atom. The minimum absolute atomic E-state index is 0.105. The first-order chi connectivity index (χ1) is 13.4. The van der Waals surface area contributed by atoms with E-state index in [1.54, 1.807) is 19.1 Å². The molecular weight excluding hydrogens is 374 g/mol. The van der Waals surface area contributed by atoms with Gasteiger partial charge in [0.1, 0.15) is 0 Å². The van der Waals surface area contributed by atoms with Crippen molar-refractivity contribution < 1.29 is 13.2 Å². The van der Waals surface area contributed by atoms with Crippen LogP contribution >= 0.6 is 0 Å². The van der Waals surface area contributed by atoms with Gasteiger partial charge in [0.25, 0.3) is 10.0 Å². The van der Waals surface area contributed by atoms with Crippen molar-refractivity contribution in [2.45, 2.75) is 31.7 Å². The minimum Gasteiger partial charge on any atom is -0.379 e. The summed E-state index contributed by atoms with van der Waals surface area (Å²) in [5.41, 5.74) is 3.36.